The maximum Gasteiger partial charge on any atom is 0.0370 e. The van der Waals surface area contributed by atoms with Crippen LogP contribution in [0, 0.1) is 41.6 Å². The van der Waals surface area contributed by atoms with Crippen LogP contribution in [0.2, 0.25) is 0 Å². The van der Waals surface area contributed by atoms with Gasteiger partial charge in [0.2, 0.25) is 0 Å². The van der Waals surface area contributed by atoms with Gasteiger partial charge >= 0.3 is 0 Å². The van der Waals surface area contributed by atoms with Crippen LogP contribution in [0.3, 0.4) is 0 Å². The summed E-state index contributed by atoms with van der Waals surface area (Å²) in [7, 11) is 4.42. The van der Waals surface area contributed by atoms with E-state index in [1.54, 1.807) is 0 Å². The molecule has 3 nitrogen and oxygen atoms in total. The Morgan fingerprint density at radius 1 is 0.882 bits per heavy atom. The molecule has 0 saturated heterocycles. The maximum atomic E-state index is 4.52. The third kappa shape index (κ3) is 18.6. The van der Waals surface area contributed by atoms with Gasteiger partial charge in [-0.2, -0.15) is 0 Å². The molecule has 0 fully saturated rings. The van der Waals surface area contributed by atoms with Crippen LogP contribution in [0.4, 0.5) is 0 Å². The van der Waals surface area contributed by atoms with Crippen molar-refractivity contribution in [3.05, 3.63) is 60.0 Å². The fourth-order valence-electron chi connectivity index (χ4n) is 0.728. The van der Waals surface area contributed by atoms with E-state index in [0.29, 0.717) is 5.92 Å². The summed E-state index contributed by atoms with van der Waals surface area (Å²) >= 11 is 0. The molecule has 0 aromatic carbocycles. The van der Waals surface area contributed by atoms with Gasteiger partial charge in [-0.15, -0.1) is 18.1 Å². The standard InChI is InChI=1S/C6H7.C4H9O3.3CH3.Ti/c1-6-4-2-3-5-6;1-5-4(6-2)7-3;;;;/h2-6H,1H2;1-3H3;3*1H3;/q5*-1;. The van der Waals surface area contributed by atoms with Crippen molar-refractivity contribution in [2.75, 3.05) is 21.3 Å². The van der Waals surface area contributed by atoms with E-state index in [0.717, 1.165) is 0 Å². The first-order valence-corrected chi connectivity index (χ1v) is 3.91. The summed E-state index contributed by atoms with van der Waals surface area (Å²) in [4.78, 5) is 0. The van der Waals surface area contributed by atoms with Crippen LogP contribution in [0.5, 0.6) is 0 Å². The number of allylic oxidation sites excluding steroid dienone is 4. The minimum absolute atomic E-state index is 0. The fourth-order valence-corrected chi connectivity index (χ4v) is 0.728. The van der Waals surface area contributed by atoms with E-state index in [1.165, 1.54) is 21.3 Å². The monoisotopic (exact) mass is 277 g/mol. The smallest absolute Gasteiger partial charge is 0.0370 e. The van der Waals surface area contributed by atoms with Gasteiger partial charge < -0.3 is 43.4 Å². The third-order valence-electron chi connectivity index (χ3n) is 1.33. The first-order chi connectivity index (χ1) is 6.24. The molecule has 0 heterocycles. The van der Waals surface area contributed by atoms with Gasteiger partial charge in [0.05, 0.1) is 0 Å². The van der Waals surface area contributed by atoms with E-state index in [4.69, 9.17) is 0 Å². The van der Waals surface area contributed by atoms with E-state index in [-0.39, 0.29) is 50.5 Å². The van der Waals surface area contributed by atoms with Gasteiger partial charge in [-0.05, 0) is 0 Å². The first kappa shape index (κ1) is 30.3. The molecule has 4 heteroatoms. The molecule has 17 heavy (non-hydrogen) atoms. The normalized spacial score (nSPS) is 11.4. The Morgan fingerprint density at radius 2 is 1.18 bits per heavy atom. The van der Waals surface area contributed by atoms with E-state index >= 15 is 0 Å². The Kier molecular flexibility index (Phi) is 38.0. The largest absolute Gasteiger partial charge is 0.498 e. The van der Waals surface area contributed by atoms with Crippen molar-refractivity contribution in [2.45, 2.75) is 0 Å². The number of rotatable bonds is 3. The van der Waals surface area contributed by atoms with Crippen molar-refractivity contribution in [3.8, 4) is 0 Å². The SMILES string of the molecule is CO[C-](OC)OC.[CH2-]C1C=CC=C1.[CH3-].[CH3-].[CH3-].[Ti]. The summed E-state index contributed by atoms with van der Waals surface area (Å²) in [6, 6.07) is 0. The minimum atomic E-state index is 0. The molecule has 0 N–H and O–H groups in total. The maximum absolute atomic E-state index is 4.52. The van der Waals surface area contributed by atoms with Crippen molar-refractivity contribution in [2.24, 2.45) is 5.92 Å². The summed E-state index contributed by atoms with van der Waals surface area (Å²) in [5.41, 5.74) is 0. The second-order valence-electron chi connectivity index (χ2n) is 2.30. The van der Waals surface area contributed by atoms with Gasteiger partial charge in [0.15, 0.2) is 0 Å². The van der Waals surface area contributed by atoms with Crippen LogP contribution in [0.1, 0.15) is 0 Å². The number of hydrogen-bond donors (Lipinski definition) is 0. The zero-order valence-corrected chi connectivity index (χ0v) is 13.4. The molecule has 1 aliphatic carbocycles. The Bertz CT molecular complexity index is 149. The number of ether oxygens (including phenoxy) is 3. The molecule has 0 radical (unpaired) electrons. The molecular weight excluding hydrogens is 252 g/mol. The van der Waals surface area contributed by atoms with Gasteiger partial charge in [0.25, 0.3) is 0 Å². The molecule has 0 aromatic rings. The van der Waals surface area contributed by atoms with Crippen LogP contribution in [0.25, 0.3) is 0 Å². The van der Waals surface area contributed by atoms with Crippen molar-refractivity contribution in [1.82, 2.24) is 0 Å². The second kappa shape index (κ2) is 21.4. The quantitative estimate of drug-likeness (QED) is 0.585. The predicted molar refractivity (Wildman–Crippen MR) is 70.6 cm³/mol. The minimum Gasteiger partial charge on any atom is -0.498 e. The molecule has 0 amide bonds. The molecule has 0 bridgehead atoms. The molecule has 0 aromatic heterocycles. The predicted octanol–water partition coefficient (Wildman–Crippen LogP) is 3.28. The van der Waals surface area contributed by atoms with Crippen LogP contribution in [0.15, 0.2) is 24.3 Å². The second-order valence-corrected chi connectivity index (χ2v) is 2.30. The summed E-state index contributed by atoms with van der Waals surface area (Å²) < 4.78 is 13.6. The van der Waals surface area contributed by atoms with E-state index in [9.17, 15) is 0 Å². The zero-order chi connectivity index (χ0) is 10.1. The van der Waals surface area contributed by atoms with Crippen molar-refractivity contribution in [3.63, 3.8) is 0 Å². The van der Waals surface area contributed by atoms with E-state index < -0.39 is 0 Å². The number of hydrogen-bond acceptors (Lipinski definition) is 3. The molecule has 0 spiro atoms. The van der Waals surface area contributed by atoms with E-state index in [1.807, 2.05) is 12.2 Å². The molecule has 0 atom stereocenters. The van der Waals surface area contributed by atoms with Crippen LogP contribution < -0.4 is 0 Å². The third-order valence-corrected chi connectivity index (χ3v) is 1.33. The Morgan fingerprint density at radius 3 is 1.24 bits per heavy atom. The van der Waals surface area contributed by atoms with Gasteiger partial charge in [-0.25, -0.2) is 0 Å². The van der Waals surface area contributed by atoms with E-state index in [2.05, 4.69) is 33.3 Å². The van der Waals surface area contributed by atoms with Gasteiger partial charge in [-0.3, -0.25) is 0 Å². The Balaban J connectivity index is -0.0000000458. The Labute approximate surface area is 123 Å². The average Bonchev–Trinajstić information content (AvgIpc) is 2.60. The summed E-state index contributed by atoms with van der Waals surface area (Å²) in [5.74, 6) is 0.435. The van der Waals surface area contributed by atoms with Gasteiger partial charge in [-0.1, -0.05) is 12.2 Å². The zero-order valence-electron chi connectivity index (χ0n) is 11.8. The molecule has 104 valence electrons. The average molecular weight is 277 g/mol. The van der Waals surface area contributed by atoms with Crippen molar-refractivity contribution < 1.29 is 35.9 Å². The van der Waals surface area contributed by atoms with Crippen LogP contribution in [-0.4, -0.2) is 21.3 Å². The molecule has 1 aliphatic rings. The van der Waals surface area contributed by atoms with Gasteiger partial charge in [0.1, 0.15) is 0 Å². The summed E-state index contributed by atoms with van der Waals surface area (Å²) in [6.45, 7) is 3.94. The molecule has 0 aliphatic heterocycles. The van der Waals surface area contributed by atoms with Crippen molar-refractivity contribution in [1.29, 1.82) is 0 Å². The first-order valence-electron chi connectivity index (χ1n) is 3.91. The Hall–Kier alpha value is 0.0743. The van der Waals surface area contributed by atoms with Crippen LogP contribution >= 0.6 is 0 Å². The molecular formula is C13H25O3Ti-5. The summed E-state index contributed by atoms with van der Waals surface area (Å²) in [6.07, 6.45) is 8.13. The van der Waals surface area contributed by atoms with Gasteiger partial charge in [0, 0.05) is 49.5 Å². The number of methoxy groups -OCH3 is 3. The topological polar surface area (TPSA) is 27.7 Å². The summed E-state index contributed by atoms with van der Waals surface area (Å²) in [5, 5.41) is 0. The van der Waals surface area contributed by atoms with Crippen LogP contribution in [-0.2, 0) is 35.9 Å². The fraction of sp³-hybridized carbons (Fsp3) is 0.308. The molecule has 0 unspecified atom stereocenters. The molecule has 0 saturated carbocycles. The molecule has 1 rings (SSSR count). The van der Waals surface area contributed by atoms with Crippen molar-refractivity contribution >= 4 is 0 Å².